The van der Waals surface area contributed by atoms with E-state index in [1.165, 1.54) is 0 Å². The van der Waals surface area contributed by atoms with Gasteiger partial charge in [-0.2, -0.15) is 0 Å². The molecule has 3 atom stereocenters. The van der Waals surface area contributed by atoms with Crippen molar-refractivity contribution in [2.45, 2.75) is 76.4 Å². The summed E-state index contributed by atoms with van der Waals surface area (Å²) in [5, 5.41) is 11.9. The molecule has 41 heavy (non-hydrogen) atoms. The van der Waals surface area contributed by atoms with Crippen LogP contribution in [0.25, 0.3) is 0 Å². The fraction of sp³-hybridized carbons (Fsp3) is 0.500. The molecule has 1 unspecified atom stereocenters. The molecule has 1 saturated carbocycles. The first-order chi connectivity index (χ1) is 19.7. The van der Waals surface area contributed by atoms with Crippen LogP contribution in [0.15, 0.2) is 48.5 Å². The summed E-state index contributed by atoms with van der Waals surface area (Å²) in [7, 11) is 1.60. The van der Waals surface area contributed by atoms with Crippen LogP contribution >= 0.6 is 0 Å². The number of urea groups is 1. The third-order valence-corrected chi connectivity index (χ3v) is 9.07. The molecule has 5 amide bonds. The van der Waals surface area contributed by atoms with Crippen molar-refractivity contribution in [3.8, 4) is 0 Å². The summed E-state index contributed by atoms with van der Waals surface area (Å²) in [5.41, 5.74) is 2.02. The molecule has 9 heteroatoms. The summed E-state index contributed by atoms with van der Waals surface area (Å²) in [5.74, 6) is -0.385. The second kappa shape index (κ2) is 11.9. The number of fused-ring (bicyclic) bond motifs is 1. The lowest BCUT2D eigenvalue weighted by Gasteiger charge is -2.36. The number of anilines is 1. The molecule has 9 nitrogen and oxygen atoms in total. The van der Waals surface area contributed by atoms with Gasteiger partial charge in [-0.15, -0.1) is 0 Å². The fourth-order valence-corrected chi connectivity index (χ4v) is 6.65. The quantitative estimate of drug-likeness (QED) is 0.395. The van der Waals surface area contributed by atoms with Crippen molar-refractivity contribution in [2.75, 3.05) is 18.9 Å². The Kier molecular flexibility index (Phi) is 8.33. The number of likely N-dealkylation sites (N-methyl/N-ethyl adjacent to an activating group) is 1. The maximum Gasteiger partial charge on any atom is 0.318 e. The van der Waals surface area contributed by atoms with E-state index in [-0.39, 0.29) is 41.6 Å². The van der Waals surface area contributed by atoms with E-state index in [1.54, 1.807) is 24.1 Å². The average molecular weight is 560 g/mol. The highest BCUT2D eigenvalue weighted by molar-refractivity contribution is 6.01. The van der Waals surface area contributed by atoms with Gasteiger partial charge in [0.15, 0.2) is 0 Å². The van der Waals surface area contributed by atoms with Crippen LogP contribution < -0.4 is 21.3 Å². The van der Waals surface area contributed by atoms with Crippen molar-refractivity contribution in [3.63, 3.8) is 0 Å². The van der Waals surface area contributed by atoms with Crippen molar-refractivity contribution >= 4 is 29.4 Å². The maximum atomic E-state index is 13.7. The van der Waals surface area contributed by atoms with Crippen molar-refractivity contribution in [3.05, 3.63) is 65.2 Å². The number of rotatable bonds is 8. The molecular formula is C32H41N5O4. The first-order valence-electron chi connectivity index (χ1n) is 14.8. The van der Waals surface area contributed by atoms with Crippen LogP contribution in [0, 0.1) is 11.8 Å². The summed E-state index contributed by atoms with van der Waals surface area (Å²) >= 11 is 0. The molecular weight excluding hydrogens is 518 g/mol. The van der Waals surface area contributed by atoms with Crippen molar-refractivity contribution in [2.24, 2.45) is 11.8 Å². The lowest BCUT2D eigenvalue weighted by atomic mass is 9.83. The molecule has 2 aromatic rings. The molecule has 0 aromatic heterocycles. The minimum Gasteiger partial charge on any atom is -0.357 e. The maximum absolute atomic E-state index is 13.7. The highest BCUT2D eigenvalue weighted by Gasteiger charge is 2.53. The average Bonchev–Trinajstić information content (AvgIpc) is 3.57. The minimum absolute atomic E-state index is 0.0228. The zero-order chi connectivity index (χ0) is 29.1. The van der Waals surface area contributed by atoms with Gasteiger partial charge in [-0.1, -0.05) is 57.4 Å². The van der Waals surface area contributed by atoms with Crippen LogP contribution in [-0.4, -0.2) is 59.9 Å². The highest BCUT2D eigenvalue weighted by atomic mass is 16.2. The largest absolute Gasteiger partial charge is 0.357 e. The van der Waals surface area contributed by atoms with E-state index in [0.717, 1.165) is 43.2 Å². The van der Waals surface area contributed by atoms with Crippen LogP contribution in [0.2, 0.25) is 0 Å². The number of hydrogen-bond acceptors (Lipinski definition) is 4. The molecule has 0 bridgehead atoms. The van der Waals surface area contributed by atoms with E-state index in [2.05, 4.69) is 35.1 Å². The third kappa shape index (κ3) is 5.80. The molecule has 1 saturated heterocycles. The lowest BCUT2D eigenvalue weighted by Crippen LogP contribution is -2.60. The molecule has 0 spiro atoms. The molecule has 1 aliphatic heterocycles. The third-order valence-electron chi connectivity index (χ3n) is 9.07. The van der Waals surface area contributed by atoms with Gasteiger partial charge in [-0.3, -0.25) is 14.4 Å². The molecule has 1 heterocycles. The van der Waals surface area contributed by atoms with Gasteiger partial charge in [0.05, 0.1) is 6.04 Å². The number of hydrogen-bond donors (Lipinski definition) is 4. The Morgan fingerprint density at radius 2 is 1.68 bits per heavy atom. The van der Waals surface area contributed by atoms with Gasteiger partial charge in [0.1, 0.15) is 11.6 Å². The van der Waals surface area contributed by atoms with Crippen LogP contribution in [0.1, 0.15) is 67.4 Å². The Morgan fingerprint density at radius 3 is 2.34 bits per heavy atom. The standard InChI is InChI=1S/C32H41N5O4/c1-20(2)26-19-37(31(41)35-26)32(30(40)33-3)17-23-14-15-25(16-24(23)18-32)34-29(39)27(21-10-6-4-7-11-21)36-28(38)22-12-8-5-9-13-22/h5,8-9,12-16,20-21,26-27H,4,6-7,10-11,17-19H2,1-3H3,(H,33,40)(H,34,39)(H,35,41)(H,36,38)/t26-,27-,32?/m0/s1. The SMILES string of the molecule is CNC(=O)C1(N2C[C@@H](C(C)C)NC2=O)Cc2ccc(NC(=O)[C@@H](NC(=O)c3ccccc3)C3CCCCC3)cc2C1. The van der Waals surface area contributed by atoms with Gasteiger partial charge < -0.3 is 26.2 Å². The molecule has 218 valence electrons. The van der Waals surface area contributed by atoms with E-state index in [1.807, 2.05) is 36.4 Å². The van der Waals surface area contributed by atoms with Crippen LogP contribution in [0.5, 0.6) is 0 Å². The fourth-order valence-electron chi connectivity index (χ4n) is 6.65. The molecule has 3 aliphatic rings. The monoisotopic (exact) mass is 559 g/mol. The Labute approximate surface area is 241 Å². The Morgan fingerprint density at radius 1 is 0.976 bits per heavy atom. The summed E-state index contributed by atoms with van der Waals surface area (Å²) < 4.78 is 0. The zero-order valence-electron chi connectivity index (χ0n) is 24.2. The van der Waals surface area contributed by atoms with Gasteiger partial charge in [0.25, 0.3) is 5.91 Å². The van der Waals surface area contributed by atoms with Crippen molar-refractivity contribution in [1.29, 1.82) is 0 Å². The van der Waals surface area contributed by atoms with Gasteiger partial charge in [0, 0.05) is 37.7 Å². The normalized spacial score (nSPS) is 23.1. The van der Waals surface area contributed by atoms with Crippen molar-refractivity contribution in [1.82, 2.24) is 20.9 Å². The molecule has 0 radical (unpaired) electrons. The van der Waals surface area contributed by atoms with Gasteiger partial charge in [0.2, 0.25) is 11.8 Å². The molecule has 2 fully saturated rings. The first-order valence-corrected chi connectivity index (χ1v) is 14.8. The molecule has 2 aromatic carbocycles. The van der Waals surface area contributed by atoms with Crippen LogP contribution in [0.4, 0.5) is 10.5 Å². The Bertz CT molecular complexity index is 1310. The predicted octanol–water partition coefficient (Wildman–Crippen LogP) is 3.64. The first kappa shape index (κ1) is 28.6. The molecule has 4 N–H and O–H groups in total. The smallest absolute Gasteiger partial charge is 0.318 e. The van der Waals surface area contributed by atoms with Gasteiger partial charge >= 0.3 is 6.03 Å². The molecule has 5 rings (SSSR count). The number of amides is 5. The second-order valence-corrected chi connectivity index (χ2v) is 12.1. The zero-order valence-corrected chi connectivity index (χ0v) is 24.2. The van der Waals surface area contributed by atoms with E-state index in [0.29, 0.717) is 30.6 Å². The van der Waals surface area contributed by atoms with Crippen LogP contribution in [-0.2, 0) is 22.4 Å². The number of carbonyl (C=O) groups excluding carboxylic acids is 4. The van der Waals surface area contributed by atoms with E-state index < -0.39 is 11.6 Å². The minimum atomic E-state index is -1.03. The van der Waals surface area contributed by atoms with Crippen LogP contribution in [0.3, 0.4) is 0 Å². The van der Waals surface area contributed by atoms with E-state index in [4.69, 9.17) is 0 Å². The number of benzene rings is 2. The molecule has 2 aliphatic carbocycles. The summed E-state index contributed by atoms with van der Waals surface area (Å²) in [6, 6.07) is 13.7. The number of nitrogens with one attached hydrogen (secondary N) is 4. The van der Waals surface area contributed by atoms with E-state index >= 15 is 0 Å². The van der Waals surface area contributed by atoms with Crippen molar-refractivity contribution < 1.29 is 19.2 Å². The summed E-state index contributed by atoms with van der Waals surface area (Å²) in [6.07, 6.45) is 5.77. The van der Waals surface area contributed by atoms with Gasteiger partial charge in [-0.05, 0) is 60.1 Å². The Hall–Kier alpha value is -3.88. The number of nitrogens with zero attached hydrogens (tertiary/aromatic N) is 1. The van der Waals surface area contributed by atoms with Gasteiger partial charge in [-0.25, -0.2) is 4.79 Å². The topological polar surface area (TPSA) is 120 Å². The Balaban J connectivity index is 1.35. The summed E-state index contributed by atoms with van der Waals surface area (Å²) in [4.78, 5) is 54.7. The van der Waals surface area contributed by atoms with E-state index in [9.17, 15) is 19.2 Å². The highest BCUT2D eigenvalue weighted by Crippen LogP contribution is 2.38. The lowest BCUT2D eigenvalue weighted by molar-refractivity contribution is -0.130. The number of carbonyl (C=O) groups is 4. The predicted molar refractivity (Wildman–Crippen MR) is 157 cm³/mol. The second-order valence-electron chi connectivity index (χ2n) is 12.1. The summed E-state index contributed by atoms with van der Waals surface area (Å²) in [6.45, 7) is 4.58.